The monoisotopic (exact) mass is 289 g/mol. The highest BCUT2D eigenvalue weighted by molar-refractivity contribution is 5.77. The van der Waals surface area contributed by atoms with Crippen molar-refractivity contribution in [1.82, 2.24) is 4.90 Å². The molecule has 5 rings (SSSR count). The summed E-state index contributed by atoms with van der Waals surface area (Å²) in [5.41, 5.74) is 1.43. The molecule has 2 heteroatoms. The van der Waals surface area contributed by atoms with Crippen LogP contribution in [0, 0.1) is 22.2 Å². The third-order valence-corrected chi connectivity index (χ3v) is 6.98. The van der Waals surface area contributed by atoms with E-state index in [-0.39, 0.29) is 0 Å². The van der Waals surface area contributed by atoms with Gasteiger partial charge in [-0.25, -0.2) is 0 Å². The molecule has 0 aromatic heterocycles. The topological polar surface area (TPSA) is 20.3 Å². The van der Waals surface area contributed by atoms with Crippen molar-refractivity contribution in [3.05, 3.63) is 0 Å². The quantitative estimate of drug-likeness (QED) is 0.738. The van der Waals surface area contributed by atoms with E-state index in [0.717, 1.165) is 25.4 Å². The molecule has 5 fully saturated rings. The van der Waals surface area contributed by atoms with Crippen molar-refractivity contribution in [2.75, 3.05) is 13.1 Å². The molecule has 1 saturated heterocycles. The number of carbonyl (C=O) groups excluding carboxylic acids is 1. The van der Waals surface area contributed by atoms with Gasteiger partial charge in [-0.2, -0.15) is 0 Å². The summed E-state index contributed by atoms with van der Waals surface area (Å²) in [5, 5.41) is 0. The first kappa shape index (κ1) is 14.1. The van der Waals surface area contributed by atoms with E-state index in [4.69, 9.17) is 0 Å². The Labute approximate surface area is 129 Å². The second-order valence-electron chi connectivity index (χ2n) is 9.75. The number of likely N-dealkylation sites (tertiary alicyclic amines) is 1. The highest BCUT2D eigenvalue weighted by atomic mass is 16.2. The molecule has 2 unspecified atom stereocenters. The van der Waals surface area contributed by atoms with Gasteiger partial charge in [-0.15, -0.1) is 0 Å². The molecule has 118 valence electrons. The normalized spacial score (nSPS) is 48.7. The second kappa shape index (κ2) is 4.49. The summed E-state index contributed by atoms with van der Waals surface area (Å²) in [6.07, 6.45) is 12.9. The number of carbonyl (C=O) groups is 1. The average molecular weight is 289 g/mol. The van der Waals surface area contributed by atoms with Crippen LogP contribution in [0.2, 0.25) is 0 Å². The molecule has 4 saturated carbocycles. The van der Waals surface area contributed by atoms with Gasteiger partial charge in [-0.1, -0.05) is 13.8 Å². The van der Waals surface area contributed by atoms with Gasteiger partial charge in [-0.05, 0) is 80.0 Å². The van der Waals surface area contributed by atoms with Crippen LogP contribution < -0.4 is 0 Å². The lowest BCUT2D eigenvalue weighted by Crippen LogP contribution is -2.56. The molecule has 5 aliphatic rings. The molecule has 2 nitrogen and oxygen atoms in total. The molecule has 0 aromatic carbocycles. The summed E-state index contributed by atoms with van der Waals surface area (Å²) in [4.78, 5) is 15.0. The van der Waals surface area contributed by atoms with E-state index in [1.165, 1.54) is 57.8 Å². The number of nitrogens with zero attached hydrogens (tertiary/aromatic N) is 1. The van der Waals surface area contributed by atoms with Crippen LogP contribution in [0.3, 0.4) is 0 Å². The fraction of sp³-hybridized carbons (Fsp3) is 0.947. The zero-order valence-corrected chi connectivity index (χ0v) is 13.9. The SMILES string of the molecule is CC12CC3CC(C)(C1)CC(CC(=O)N1CCCCC1)(C3)C2. The second-order valence-corrected chi connectivity index (χ2v) is 9.75. The number of piperidine rings is 1. The van der Waals surface area contributed by atoms with Crippen molar-refractivity contribution in [3.63, 3.8) is 0 Å². The first-order valence-corrected chi connectivity index (χ1v) is 9.17. The Bertz CT molecular complexity index is 432. The maximum absolute atomic E-state index is 12.8. The lowest BCUT2D eigenvalue weighted by Gasteiger charge is -2.65. The van der Waals surface area contributed by atoms with Crippen LogP contribution in [0.15, 0.2) is 0 Å². The summed E-state index contributed by atoms with van der Waals surface area (Å²) in [6, 6.07) is 0. The molecule has 4 aliphatic carbocycles. The van der Waals surface area contributed by atoms with E-state index in [9.17, 15) is 4.79 Å². The maximum Gasteiger partial charge on any atom is 0.223 e. The summed E-state index contributed by atoms with van der Waals surface area (Å²) in [6.45, 7) is 7.06. The van der Waals surface area contributed by atoms with Gasteiger partial charge >= 0.3 is 0 Å². The van der Waals surface area contributed by atoms with Gasteiger partial charge < -0.3 is 4.90 Å². The fourth-order valence-electron chi connectivity index (χ4n) is 7.46. The van der Waals surface area contributed by atoms with Crippen molar-refractivity contribution < 1.29 is 4.79 Å². The van der Waals surface area contributed by atoms with Crippen LogP contribution in [0.1, 0.15) is 78.1 Å². The number of amides is 1. The Hall–Kier alpha value is -0.530. The fourth-order valence-corrected chi connectivity index (χ4v) is 7.46. The van der Waals surface area contributed by atoms with Crippen LogP contribution in [-0.2, 0) is 4.79 Å². The summed E-state index contributed by atoms with van der Waals surface area (Å²) >= 11 is 0. The van der Waals surface area contributed by atoms with Gasteiger partial charge in [0, 0.05) is 19.5 Å². The third kappa shape index (κ3) is 2.43. The molecule has 1 aliphatic heterocycles. The Morgan fingerprint density at radius 1 is 0.952 bits per heavy atom. The van der Waals surface area contributed by atoms with Gasteiger partial charge in [0.2, 0.25) is 5.91 Å². The van der Waals surface area contributed by atoms with Crippen molar-refractivity contribution in [2.45, 2.75) is 78.1 Å². The minimum Gasteiger partial charge on any atom is -0.343 e. The van der Waals surface area contributed by atoms with Crippen molar-refractivity contribution in [2.24, 2.45) is 22.2 Å². The summed E-state index contributed by atoms with van der Waals surface area (Å²) in [7, 11) is 0. The third-order valence-electron chi connectivity index (χ3n) is 6.98. The molecule has 21 heavy (non-hydrogen) atoms. The van der Waals surface area contributed by atoms with E-state index < -0.39 is 0 Å². The Morgan fingerprint density at radius 3 is 2.14 bits per heavy atom. The Balaban J connectivity index is 1.52. The largest absolute Gasteiger partial charge is 0.343 e. The lowest BCUT2D eigenvalue weighted by molar-refractivity contribution is -0.161. The minimum atomic E-state index is 0.359. The zero-order valence-electron chi connectivity index (χ0n) is 13.9. The van der Waals surface area contributed by atoms with E-state index in [1.54, 1.807) is 0 Å². The number of hydrogen-bond donors (Lipinski definition) is 0. The molecular formula is C19H31NO. The van der Waals surface area contributed by atoms with E-state index in [1.807, 2.05) is 0 Å². The van der Waals surface area contributed by atoms with Crippen LogP contribution in [0.5, 0.6) is 0 Å². The van der Waals surface area contributed by atoms with E-state index in [0.29, 0.717) is 22.2 Å². The van der Waals surface area contributed by atoms with Crippen LogP contribution in [-0.4, -0.2) is 23.9 Å². The molecule has 0 N–H and O–H groups in total. The predicted molar refractivity (Wildman–Crippen MR) is 84.9 cm³/mol. The molecule has 1 heterocycles. The Morgan fingerprint density at radius 2 is 1.57 bits per heavy atom. The van der Waals surface area contributed by atoms with Gasteiger partial charge in [-0.3, -0.25) is 4.79 Å². The first-order valence-electron chi connectivity index (χ1n) is 9.17. The smallest absolute Gasteiger partial charge is 0.223 e. The standard InChI is InChI=1S/C19H31NO/c1-17-8-15-9-18(2,12-17)14-19(10-15,13-17)11-16(21)20-6-4-3-5-7-20/h15H,3-14H2,1-2H3. The van der Waals surface area contributed by atoms with Crippen LogP contribution >= 0.6 is 0 Å². The van der Waals surface area contributed by atoms with Gasteiger partial charge in [0.05, 0.1) is 0 Å². The molecular weight excluding hydrogens is 258 g/mol. The van der Waals surface area contributed by atoms with E-state index in [2.05, 4.69) is 18.7 Å². The lowest BCUT2D eigenvalue weighted by atomic mass is 9.40. The van der Waals surface area contributed by atoms with Crippen molar-refractivity contribution in [1.29, 1.82) is 0 Å². The highest BCUT2D eigenvalue weighted by Crippen LogP contribution is 2.70. The molecule has 4 bridgehead atoms. The van der Waals surface area contributed by atoms with Crippen LogP contribution in [0.25, 0.3) is 0 Å². The van der Waals surface area contributed by atoms with Gasteiger partial charge in [0.25, 0.3) is 0 Å². The summed E-state index contributed by atoms with van der Waals surface area (Å²) < 4.78 is 0. The van der Waals surface area contributed by atoms with Crippen LogP contribution in [0.4, 0.5) is 0 Å². The molecule has 0 radical (unpaired) electrons. The zero-order chi connectivity index (χ0) is 14.7. The molecule has 1 amide bonds. The van der Waals surface area contributed by atoms with Crippen molar-refractivity contribution >= 4 is 5.91 Å². The Kier molecular flexibility index (Phi) is 3.01. The van der Waals surface area contributed by atoms with Crippen molar-refractivity contribution in [3.8, 4) is 0 Å². The average Bonchev–Trinajstić information content (AvgIpc) is 2.34. The summed E-state index contributed by atoms with van der Waals surface area (Å²) in [5.74, 6) is 1.38. The number of hydrogen-bond acceptors (Lipinski definition) is 1. The number of rotatable bonds is 2. The highest BCUT2D eigenvalue weighted by Gasteiger charge is 2.60. The predicted octanol–water partition coefficient (Wildman–Crippen LogP) is 4.39. The molecule has 2 atom stereocenters. The first-order chi connectivity index (χ1) is 9.90. The van der Waals surface area contributed by atoms with Gasteiger partial charge in [0.1, 0.15) is 0 Å². The van der Waals surface area contributed by atoms with Gasteiger partial charge in [0.15, 0.2) is 0 Å². The minimum absolute atomic E-state index is 0.359. The molecule has 0 spiro atoms. The van der Waals surface area contributed by atoms with E-state index >= 15 is 0 Å². The maximum atomic E-state index is 12.8. The molecule has 0 aromatic rings.